The van der Waals surface area contributed by atoms with Crippen molar-refractivity contribution in [1.82, 2.24) is 10.2 Å². The molecular weight excluding hydrogens is 264 g/mol. The first-order valence-electron chi connectivity index (χ1n) is 8.33. The van der Waals surface area contributed by atoms with Crippen LogP contribution in [0.2, 0.25) is 0 Å². The van der Waals surface area contributed by atoms with Gasteiger partial charge in [-0.15, -0.1) is 0 Å². The minimum absolute atomic E-state index is 0.00780. The minimum atomic E-state index is -0.361. The molecule has 0 saturated carbocycles. The second-order valence-electron chi connectivity index (χ2n) is 6.54. The first-order chi connectivity index (χ1) is 10.0. The number of carbonyl (C=O) groups is 2. The van der Waals surface area contributed by atoms with E-state index in [2.05, 4.69) is 11.4 Å². The third-order valence-electron chi connectivity index (χ3n) is 4.64. The van der Waals surface area contributed by atoms with Crippen molar-refractivity contribution in [2.75, 3.05) is 6.54 Å². The van der Waals surface area contributed by atoms with E-state index in [-0.39, 0.29) is 29.8 Å². The topological polar surface area (TPSA) is 49.4 Å². The summed E-state index contributed by atoms with van der Waals surface area (Å²) in [5, 5.41) is 2.89. The fraction of sp³-hybridized carbons (Fsp3) is 0.765. The molecule has 1 aliphatic carbocycles. The molecule has 118 valence electrons. The van der Waals surface area contributed by atoms with Gasteiger partial charge in [-0.25, -0.2) is 0 Å². The summed E-state index contributed by atoms with van der Waals surface area (Å²) >= 11 is 0. The number of amides is 2. The highest BCUT2D eigenvalue weighted by atomic mass is 16.2. The summed E-state index contributed by atoms with van der Waals surface area (Å²) in [6, 6.07) is -0.655. The number of carbonyl (C=O) groups excluding carboxylic acids is 2. The van der Waals surface area contributed by atoms with E-state index in [0.717, 1.165) is 19.3 Å². The molecule has 0 radical (unpaired) electrons. The number of allylic oxidation sites excluding steroid dienone is 1. The molecule has 0 bridgehead atoms. The molecule has 1 N–H and O–H groups in total. The predicted octanol–water partition coefficient (Wildman–Crippen LogP) is 2.64. The monoisotopic (exact) mass is 292 g/mol. The third-order valence-corrected chi connectivity index (χ3v) is 4.64. The molecule has 21 heavy (non-hydrogen) atoms. The molecule has 1 aliphatic heterocycles. The fourth-order valence-corrected chi connectivity index (χ4v) is 3.30. The number of nitrogens with one attached hydrogen (secondary N) is 1. The number of nitrogens with zero attached hydrogens (tertiary/aromatic N) is 1. The Labute approximate surface area is 128 Å². The van der Waals surface area contributed by atoms with Gasteiger partial charge in [0.05, 0.1) is 0 Å². The molecule has 1 heterocycles. The van der Waals surface area contributed by atoms with Crippen molar-refractivity contribution < 1.29 is 9.59 Å². The van der Waals surface area contributed by atoms with Crippen LogP contribution in [0.3, 0.4) is 0 Å². The summed E-state index contributed by atoms with van der Waals surface area (Å²) in [6.45, 7) is 6.62. The van der Waals surface area contributed by atoms with E-state index in [0.29, 0.717) is 13.0 Å². The van der Waals surface area contributed by atoms with Crippen molar-refractivity contribution in [3.8, 4) is 0 Å². The second kappa shape index (κ2) is 7.10. The molecule has 0 spiro atoms. The lowest BCUT2D eigenvalue weighted by Gasteiger charge is -2.40. The van der Waals surface area contributed by atoms with Crippen LogP contribution >= 0.6 is 0 Å². The van der Waals surface area contributed by atoms with E-state index < -0.39 is 0 Å². The zero-order valence-electron chi connectivity index (χ0n) is 13.5. The Balaban J connectivity index is 2.06. The minimum Gasteiger partial charge on any atom is -0.342 e. The van der Waals surface area contributed by atoms with Gasteiger partial charge < -0.3 is 10.2 Å². The van der Waals surface area contributed by atoms with Crippen molar-refractivity contribution in [1.29, 1.82) is 0 Å². The Morgan fingerprint density at radius 3 is 2.67 bits per heavy atom. The van der Waals surface area contributed by atoms with E-state index >= 15 is 0 Å². The predicted molar refractivity (Wildman–Crippen MR) is 83.7 cm³/mol. The summed E-state index contributed by atoms with van der Waals surface area (Å²) in [6.07, 6.45) is 8.77. The number of hydrogen-bond acceptors (Lipinski definition) is 2. The van der Waals surface area contributed by atoms with Gasteiger partial charge in [-0.2, -0.15) is 0 Å². The molecule has 1 saturated heterocycles. The highest BCUT2D eigenvalue weighted by Crippen LogP contribution is 2.23. The molecule has 1 fully saturated rings. The van der Waals surface area contributed by atoms with Gasteiger partial charge in [0.15, 0.2) is 0 Å². The molecular formula is C17H28N2O2. The van der Waals surface area contributed by atoms with E-state index in [1.54, 1.807) is 0 Å². The van der Waals surface area contributed by atoms with Gasteiger partial charge in [-0.1, -0.05) is 32.4 Å². The van der Waals surface area contributed by atoms with Crippen LogP contribution in [0.25, 0.3) is 0 Å². The first kappa shape index (κ1) is 16.1. The first-order valence-corrected chi connectivity index (χ1v) is 8.33. The summed E-state index contributed by atoms with van der Waals surface area (Å²) < 4.78 is 0. The van der Waals surface area contributed by atoms with Crippen molar-refractivity contribution in [3.05, 3.63) is 11.6 Å². The lowest BCUT2D eigenvalue weighted by atomic mass is 9.94. The summed E-state index contributed by atoms with van der Waals surface area (Å²) in [7, 11) is 0. The maximum atomic E-state index is 12.6. The molecule has 2 amide bonds. The molecule has 2 rings (SSSR count). The van der Waals surface area contributed by atoms with Crippen LogP contribution < -0.4 is 5.32 Å². The van der Waals surface area contributed by atoms with Crippen molar-refractivity contribution in [2.24, 2.45) is 5.92 Å². The van der Waals surface area contributed by atoms with Crippen LogP contribution in [-0.4, -0.2) is 35.3 Å². The average molecular weight is 292 g/mol. The lowest BCUT2D eigenvalue weighted by molar-refractivity contribution is -0.150. The number of rotatable bonds is 5. The van der Waals surface area contributed by atoms with E-state index in [4.69, 9.17) is 0 Å². The van der Waals surface area contributed by atoms with Crippen molar-refractivity contribution >= 4 is 11.8 Å². The summed E-state index contributed by atoms with van der Waals surface area (Å²) in [5.41, 5.74) is 1.45. The van der Waals surface area contributed by atoms with Crippen LogP contribution in [0.15, 0.2) is 11.6 Å². The Hall–Kier alpha value is -1.32. The van der Waals surface area contributed by atoms with Crippen molar-refractivity contribution in [2.45, 2.75) is 71.4 Å². The van der Waals surface area contributed by atoms with Gasteiger partial charge in [-0.05, 0) is 44.4 Å². The summed E-state index contributed by atoms with van der Waals surface area (Å²) in [5.74, 6) is 0.233. The van der Waals surface area contributed by atoms with Gasteiger partial charge in [0.1, 0.15) is 12.1 Å². The maximum absolute atomic E-state index is 12.6. The molecule has 4 heteroatoms. The number of piperazine rings is 1. The molecule has 2 unspecified atom stereocenters. The Morgan fingerprint density at radius 1 is 1.33 bits per heavy atom. The van der Waals surface area contributed by atoms with Crippen LogP contribution in [-0.2, 0) is 9.59 Å². The zero-order chi connectivity index (χ0) is 15.4. The van der Waals surface area contributed by atoms with Crippen LogP contribution in [0, 0.1) is 5.92 Å². The average Bonchev–Trinajstić information content (AvgIpc) is 2.48. The highest BCUT2D eigenvalue weighted by molar-refractivity contribution is 5.97. The van der Waals surface area contributed by atoms with E-state index in [1.165, 1.54) is 18.4 Å². The summed E-state index contributed by atoms with van der Waals surface area (Å²) in [4.78, 5) is 26.7. The molecule has 2 atom stereocenters. The van der Waals surface area contributed by atoms with Crippen molar-refractivity contribution in [3.63, 3.8) is 0 Å². The molecule has 2 aliphatic rings. The van der Waals surface area contributed by atoms with Gasteiger partial charge >= 0.3 is 0 Å². The van der Waals surface area contributed by atoms with Gasteiger partial charge in [0.25, 0.3) is 0 Å². The van der Waals surface area contributed by atoms with Crippen LogP contribution in [0.1, 0.15) is 59.3 Å². The highest BCUT2D eigenvalue weighted by Gasteiger charge is 2.40. The van der Waals surface area contributed by atoms with Gasteiger partial charge in [-0.3, -0.25) is 9.59 Å². The Morgan fingerprint density at radius 2 is 2.10 bits per heavy atom. The van der Waals surface area contributed by atoms with Crippen LogP contribution in [0.4, 0.5) is 0 Å². The number of hydrogen-bond donors (Lipinski definition) is 1. The third kappa shape index (κ3) is 3.66. The van der Waals surface area contributed by atoms with Crippen LogP contribution in [0.5, 0.6) is 0 Å². The lowest BCUT2D eigenvalue weighted by Crippen LogP contribution is -2.64. The normalized spacial score (nSPS) is 26.9. The Kier molecular flexibility index (Phi) is 5.43. The molecule has 0 aromatic heterocycles. The largest absolute Gasteiger partial charge is 0.342 e. The van der Waals surface area contributed by atoms with Gasteiger partial charge in [0, 0.05) is 6.54 Å². The van der Waals surface area contributed by atoms with E-state index in [1.807, 2.05) is 25.7 Å². The smallest absolute Gasteiger partial charge is 0.246 e. The van der Waals surface area contributed by atoms with E-state index in [9.17, 15) is 9.59 Å². The molecule has 0 aromatic carbocycles. The Bertz CT molecular complexity index is 429. The zero-order valence-corrected chi connectivity index (χ0v) is 13.5. The quantitative estimate of drug-likeness (QED) is 0.792. The standard InChI is InChI=1S/C17H28N2O2/c1-4-14-16(20)18-15(12(2)3)17(21)19(14)11-10-13-8-6-5-7-9-13/h8,12,14-15H,4-7,9-11H2,1-3H3,(H,18,20). The maximum Gasteiger partial charge on any atom is 0.246 e. The molecule has 4 nitrogen and oxygen atoms in total. The molecule has 0 aromatic rings. The second-order valence-corrected chi connectivity index (χ2v) is 6.54. The van der Waals surface area contributed by atoms with Gasteiger partial charge in [0.2, 0.25) is 11.8 Å². The SMILES string of the molecule is CCC1C(=O)NC(C(C)C)C(=O)N1CCC1=CCCCC1. The fourth-order valence-electron chi connectivity index (χ4n) is 3.30.